The molecule has 2 aromatic carbocycles. The van der Waals surface area contributed by atoms with E-state index in [4.69, 9.17) is 0 Å². The van der Waals surface area contributed by atoms with Crippen molar-refractivity contribution in [2.24, 2.45) is 0 Å². The van der Waals surface area contributed by atoms with E-state index in [0.717, 1.165) is 23.3 Å². The topological polar surface area (TPSA) is 49.3 Å². The Labute approximate surface area is 143 Å². The zero-order chi connectivity index (χ0) is 18.1. The van der Waals surface area contributed by atoms with Crippen LogP contribution in [0, 0.1) is 0 Å². The van der Waals surface area contributed by atoms with E-state index in [2.05, 4.69) is 5.32 Å². The van der Waals surface area contributed by atoms with Crippen molar-refractivity contribution < 1.29 is 23.1 Å². The molecule has 3 rings (SSSR count). The first-order valence-electron chi connectivity index (χ1n) is 8.02. The van der Waals surface area contributed by atoms with Crippen molar-refractivity contribution in [2.45, 2.75) is 31.0 Å². The van der Waals surface area contributed by atoms with Crippen LogP contribution in [0.5, 0.6) is 0 Å². The molecule has 0 saturated heterocycles. The van der Waals surface area contributed by atoms with Gasteiger partial charge in [0, 0.05) is 13.0 Å². The highest BCUT2D eigenvalue weighted by atomic mass is 19.4. The van der Waals surface area contributed by atoms with Crippen molar-refractivity contribution in [2.75, 3.05) is 6.54 Å². The lowest BCUT2D eigenvalue weighted by atomic mass is 9.80. The Morgan fingerprint density at radius 2 is 1.72 bits per heavy atom. The second-order valence-electron chi connectivity index (χ2n) is 6.40. The molecular weight excluding hydrogens is 331 g/mol. The molecule has 1 amide bonds. The van der Waals surface area contributed by atoms with Crippen LogP contribution in [0.25, 0.3) is 0 Å². The largest absolute Gasteiger partial charge is 0.417 e. The van der Waals surface area contributed by atoms with E-state index in [1.165, 1.54) is 12.1 Å². The molecule has 6 heteroatoms. The van der Waals surface area contributed by atoms with E-state index in [1.54, 1.807) is 0 Å². The van der Waals surface area contributed by atoms with Crippen LogP contribution in [0.1, 0.15) is 33.5 Å². The summed E-state index contributed by atoms with van der Waals surface area (Å²) in [6.45, 7) is -0.0909. The van der Waals surface area contributed by atoms with Gasteiger partial charge in [-0.3, -0.25) is 4.79 Å². The number of hydrogen-bond acceptors (Lipinski definition) is 2. The molecule has 132 valence electrons. The number of carbonyl (C=O) groups is 1. The van der Waals surface area contributed by atoms with Gasteiger partial charge in [-0.15, -0.1) is 0 Å². The highest BCUT2D eigenvalue weighted by Gasteiger charge is 2.36. The number of aliphatic hydroxyl groups is 1. The number of fused-ring (bicyclic) bond motifs is 1. The van der Waals surface area contributed by atoms with Crippen molar-refractivity contribution in [3.8, 4) is 0 Å². The van der Waals surface area contributed by atoms with Crippen molar-refractivity contribution in [1.29, 1.82) is 0 Å². The van der Waals surface area contributed by atoms with Gasteiger partial charge in [0.1, 0.15) is 0 Å². The van der Waals surface area contributed by atoms with Gasteiger partial charge in [0.15, 0.2) is 0 Å². The lowest BCUT2D eigenvalue weighted by Crippen LogP contribution is -2.47. The monoisotopic (exact) mass is 349 g/mol. The van der Waals surface area contributed by atoms with Crippen LogP contribution in [0.3, 0.4) is 0 Å². The summed E-state index contributed by atoms with van der Waals surface area (Å²) >= 11 is 0. The highest BCUT2D eigenvalue weighted by molar-refractivity contribution is 5.95. The van der Waals surface area contributed by atoms with Crippen LogP contribution in [0.15, 0.2) is 48.5 Å². The summed E-state index contributed by atoms with van der Waals surface area (Å²) < 4.78 is 39.0. The van der Waals surface area contributed by atoms with E-state index in [0.29, 0.717) is 19.3 Å². The number of rotatable bonds is 3. The molecular formula is C19H18F3NO2. The standard InChI is InChI=1S/C19H18F3NO2/c20-19(21,22)16-8-4-3-7-15(16)17(24)23-12-18(25)10-9-13-5-1-2-6-14(13)11-18/h1-8,25H,9-12H2,(H,23,24). The molecule has 0 radical (unpaired) electrons. The summed E-state index contributed by atoms with van der Waals surface area (Å²) in [5.74, 6) is -0.833. The second-order valence-corrected chi connectivity index (χ2v) is 6.40. The van der Waals surface area contributed by atoms with Crippen LogP contribution in [-0.4, -0.2) is 23.2 Å². The third-order valence-electron chi connectivity index (χ3n) is 4.55. The number of hydrogen-bond donors (Lipinski definition) is 2. The molecule has 2 aromatic rings. The van der Waals surface area contributed by atoms with Gasteiger partial charge in [-0.1, -0.05) is 36.4 Å². The molecule has 0 aliphatic heterocycles. The Hall–Kier alpha value is -2.34. The van der Waals surface area contributed by atoms with Crippen molar-refractivity contribution in [1.82, 2.24) is 5.32 Å². The Morgan fingerprint density at radius 1 is 1.08 bits per heavy atom. The van der Waals surface area contributed by atoms with Gasteiger partial charge >= 0.3 is 6.18 Å². The van der Waals surface area contributed by atoms with E-state index in [-0.39, 0.29) is 6.54 Å². The molecule has 0 spiro atoms. The minimum atomic E-state index is -4.60. The van der Waals surface area contributed by atoms with Crippen molar-refractivity contribution >= 4 is 5.91 Å². The maximum atomic E-state index is 13.0. The number of alkyl halides is 3. The minimum Gasteiger partial charge on any atom is -0.388 e. The number of benzene rings is 2. The molecule has 0 bridgehead atoms. The number of nitrogens with one attached hydrogen (secondary N) is 1. The van der Waals surface area contributed by atoms with Gasteiger partial charge < -0.3 is 10.4 Å². The number of aryl methyl sites for hydroxylation is 1. The van der Waals surface area contributed by atoms with Gasteiger partial charge in [-0.25, -0.2) is 0 Å². The summed E-state index contributed by atoms with van der Waals surface area (Å²) in [6, 6.07) is 12.4. The van der Waals surface area contributed by atoms with E-state index < -0.39 is 28.8 Å². The van der Waals surface area contributed by atoms with Crippen LogP contribution in [0.2, 0.25) is 0 Å². The fourth-order valence-electron chi connectivity index (χ4n) is 3.20. The first-order valence-corrected chi connectivity index (χ1v) is 8.02. The third-order valence-corrected chi connectivity index (χ3v) is 4.55. The van der Waals surface area contributed by atoms with Crippen LogP contribution >= 0.6 is 0 Å². The highest BCUT2D eigenvalue weighted by Crippen LogP contribution is 2.32. The molecule has 25 heavy (non-hydrogen) atoms. The van der Waals surface area contributed by atoms with Gasteiger partial charge in [0.2, 0.25) is 0 Å². The van der Waals surface area contributed by atoms with Crippen LogP contribution in [0.4, 0.5) is 13.2 Å². The van der Waals surface area contributed by atoms with Gasteiger partial charge in [0.25, 0.3) is 5.91 Å². The second kappa shape index (κ2) is 6.52. The molecule has 1 atom stereocenters. The molecule has 1 aliphatic rings. The first kappa shape index (κ1) is 17.5. The fraction of sp³-hybridized carbons (Fsp3) is 0.316. The van der Waals surface area contributed by atoms with Crippen molar-refractivity contribution in [3.05, 3.63) is 70.8 Å². The first-order chi connectivity index (χ1) is 11.8. The smallest absolute Gasteiger partial charge is 0.388 e. The van der Waals surface area contributed by atoms with E-state index >= 15 is 0 Å². The maximum absolute atomic E-state index is 13.0. The molecule has 3 nitrogen and oxygen atoms in total. The summed E-state index contributed by atoms with van der Waals surface area (Å²) in [4.78, 5) is 12.2. The third kappa shape index (κ3) is 3.85. The predicted molar refractivity (Wildman–Crippen MR) is 87.2 cm³/mol. The Balaban J connectivity index is 1.71. The number of carbonyl (C=O) groups excluding carboxylic acids is 1. The molecule has 0 fully saturated rings. The molecule has 0 heterocycles. The summed E-state index contributed by atoms with van der Waals surface area (Å²) in [5, 5.41) is 13.2. The Kier molecular flexibility index (Phi) is 4.56. The normalized spacial score (nSPS) is 20.0. The molecule has 1 aliphatic carbocycles. The zero-order valence-electron chi connectivity index (χ0n) is 13.4. The van der Waals surface area contributed by atoms with Crippen LogP contribution < -0.4 is 5.32 Å². The van der Waals surface area contributed by atoms with E-state index in [9.17, 15) is 23.1 Å². The lowest BCUT2D eigenvalue weighted by Gasteiger charge is -2.33. The molecule has 0 saturated carbocycles. The summed E-state index contributed by atoms with van der Waals surface area (Å²) in [6.07, 6.45) is -3.12. The summed E-state index contributed by atoms with van der Waals surface area (Å²) in [5.41, 5.74) is -0.414. The van der Waals surface area contributed by atoms with Gasteiger partial charge in [0.05, 0.1) is 16.7 Å². The lowest BCUT2D eigenvalue weighted by molar-refractivity contribution is -0.137. The number of halogens is 3. The minimum absolute atomic E-state index is 0.0909. The number of amides is 1. The quantitative estimate of drug-likeness (QED) is 0.893. The molecule has 0 aromatic heterocycles. The maximum Gasteiger partial charge on any atom is 0.417 e. The Bertz CT molecular complexity index is 788. The van der Waals surface area contributed by atoms with Crippen LogP contribution in [-0.2, 0) is 19.0 Å². The fourth-order valence-corrected chi connectivity index (χ4v) is 3.20. The molecule has 1 unspecified atom stereocenters. The Morgan fingerprint density at radius 3 is 2.44 bits per heavy atom. The van der Waals surface area contributed by atoms with Crippen molar-refractivity contribution in [3.63, 3.8) is 0 Å². The van der Waals surface area contributed by atoms with Gasteiger partial charge in [-0.2, -0.15) is 13.2 Å². The summed E-state index contributed by atoms with van der Waals surface area (Å²) in [7, 11) is 0. The van der Waals surface area contributed by atoms with Gasteiger partial charge in [-0.05, 0) is 36.1 Å². The average molecular weight is 349 g/mol. The SMILES string of the molecule is O=C(NCC1(O)CCc2ccccc2C1)c1ccccc1C(F)(F)F. The zero-order valence-corrected chi connectivity index (χ0v) is 13.4. The molecule has 2 N–H and O–H groups in total. The average Bonchev–Trinajstić information content (AvgIpc) is 2.59. The predicted octanol–water partition coefficient (Wildman–Crippen LogP) is 3.36. The van der Waals surface area contributed by atoms with E-state index in [1.807, 2.05) is 24.3 Å².